The normalized spacial score (nSPS) is 11.2. The summed E-state index contributed by atoms with van der Waals surface area (Å²) >= 11 is 6.46. The molecule has 0 bridgehead atoms. The molecule has 0 spiro atoms. The molecule has 4 rings (SSSR count). The van der Waals surface area contributed by atoms with Crippen molar-refractivity contribution in [2.75, 3.05) is 0 Å². The summed E-state index contributed by atoms with van der Waals surface area (Å²) in [5.41, 5.74) is 4.92. The smallest absolute Gasteiger partial charge is 0.164 e. The van der Waals surface area contributed by atoms with Gasteiger partial charge in [-0.1, -0.05) is 60.1 Å². The summed E-state index contributed by atoms with van der Waals surface area (Å²) in [6.07, 6.45) is 0. The average molecular weight is 363 g/mol. The van der Waals surface area contributed by atoms with E-state index in [2.05, 4.69) is 33.6 Å². The highest BCUT2D eigenvalue weighted by Crippen LogP contribution is 2.25. The Hall–Kier alpha value is -2.69. The first-order valence-corrected chi connectivity index (χ1v) is 8.95. The number of halogens is 1. The Kier molecular flexibility index (Phi) is 4.69. The monoisotopic (exact) mass is 362 g/mol. The number of rotatable bonds is 5. The molecular weight excluding hydrogens is 344 g/mol. The number of hydrogen-bond acceptors (Lipinski definition) is 3. The summed E-state index contributed by atoms with van der Waals surface area (Å²) in [5.74, 6) is 0. The minimum absolute atomic E-state index is 0.509. The van der Waals surface area contributed by atoms with Gasteiger partial charge in [-0.25, -0.2) is 9.67 Å². The van der Waals surface area contributed by atoms with Gasteiger partial charge in [-0.15, -0.1) is 0 Å². The summed E-state index contributed by atoms with van der Waals surface area (Å²) in [5, 5.41) is 9.61. The van der Waals surface area contributed by atoms with Crippen LogP contribution in [0.4, 0.5) is 0 Å². The van der Waals surface area contributed by atoms with E-state index in [1.807, 2.05) is 60.1 Å². The van der Waals surface area contributed by atoms with Crippen LogP contribution < -0.4 is 5.32 Å². The highest BCUT2D eigenvalue weighted by Gasteiger charge is 2.14. The molecule has 0 saturated carbocycles. The minimum atomic E-state index is 0.509. The average Bonchev–Trinajstić information content (AvgIpc) is 2.99. The van der Waals surface area contributed by atoms with Crippen LogP contribution in [0.2, 0.25) is 5.15 Å². The topological polar surface area (TPSA) is 42.7 Å². The van der Waals surface area contributed by atoms with Crippen LogP contribution >= 0.6 is 11.6 Å². The fourth-order valence-electron chi connectivity index (χ4n) is 3.01. The maximum atomic E-state index is 6.46. The molecule has 0 aliphatic carbocycles. The van der Waals surface area contributed by atoms with Gasteiger partial charge in [0, 0.05) is 24.0 Å². The number of benzene rings is 2. The van der Waals surface area contributed by atoms with Crippen molar-refractivity contribution in [1.82, 2.24) is 20.1 Å². The van der Waals surface area contributed by atoms with E-state index in [1.165, 1.54) is 5.56 Å². The van der Waals surface area contributed by atoms with Crippen LogP contribution in [0.15, 0.2) is 66.7 Å². The molecule has 0 atom stereocenters. The molecule has 0 aliphatic rings. The first-order valence-electron chi connectivity index (χ1n) is 8.57. The molecular formula is C21H19ClN4. The van der Waals surface area contributed by atoms with Crippen molar-refractivity contribution in [3.63, 3.8) is 0 Å². The molecule has 2 aromatic carbocycles. The third-order valence-electron chi connectivity index (χ3n) is 4.36. The third-order valence-corrected chi connectivity index (χ3v) is 4.68. The molecule has 0 radical (unpaired) electrons. The summed E-state index contributed by atoms with van der Waals surface area (Å²) < 4.78 is 1.84. The Balaban J connectivity index is 1.61. The highest BCUT2D eigenvalue weighted by molar-refractivity contribution is 6.30. The zero-order valence-corrected chi connectivity index (χ0v) is 15.2. The van der Waals surface area contributed by atoms with E-state index in [9.17, 15) is 0 Å². The van der Waals surface area contributed by atoms with Gasteiger partial charge < -0.3 is 5.32 Å². The van der Waals surface area contributed by atoms with Crippen molar-refractivity contribution < 1.29 is 0 Å². The molecule has 4 nitrogen and oxygen atoms in total. The van der Waals surface area contributed by atoms with Gasteiger partial charge in [0.25, 0.3) is 0 Å². The number of fused-ring (bicyclic) bond motifs is 1. The largest absolute Gasteiger partial charge is 0.309 e. The lowest BCUT2D eigenvalue weighted by molar-refractivity contribution is 0.692. The van der Waals surface area contributed by atoms with Gasteiger partial charge in [0.2, 0.25) is 0 Å². The number of para-hydroxylation sites is 1. The summed E-state index contributed by atoms with van der Waals surface area (Å²) in [6.45, 7) is 3.45. The van der Waals surface area contributed by atoms with Crippen LogP contribution in [-0.2, 0) is 13.1 Å². The van der Waals surface area contributed by atoms with Gasteiger partial charge in [-0.2, -0.15) is 5.10 Å². The lowest BCUT2D eigenvalue weighted by Crippen LogP contribution is -2.13. The Labute approximate surface area is 157 Å². The summed E-state index contributed by atoms with van der Waals surface area (Å²) in [4.78, 5) is 4.62. The van der Waals surface area contributed by atoms with Crippen molar-refractivity contribution in [3.05, 3.63) is 88.7 Å². The van der Waals surface area contributed by atoms with Crippen molar-refractivity contribution in [3.8, 4) is 5.69 Å². The molecule has 0 saturated heterocycles. The second-order valence-electron chi connectivity index (χ2n) is 6.23. The molecule has 0 fully saturated rings. The van der Waals surface area contributed by atoms with E-state index in [0.29, 0.717) is 11.7 Å². The molecule has 2 heterocycles. The van der Waals surface area contributed by atoms with Crippen molar-refractivity contribution >= 4 is 22.6 Å². The molecule has 2 aromatic heterocycles. The second kappa shape index (κ2) is 7.28. The number of nitrogens with zero attached hydrogens (tertiary/aromatic N) is 3. The lowest BCUT2D eigenvalue weighted by Gasteiger charge is -2.08. The Morgan fingerprint density at radius 3 is 2.38 bits per heavy atom. The second-order valence-corrected chi connectivity index (χ2v) is 6.59. The van der Waals surface area contributed by atoms with Crippen molar-refractivity contribution in [2.45, 2.75) is 20.0 Å². The fraction of sp³-hybridized carbons (Fsp3) is 0.143. The van der Waals surface area contributed by atoms with E-state index in [0.717, 1.165) is 34.5 Å². The third kappa shape index (κ3) is 3.34. The molecule has 1 N–H and O–H groups in total. The standard InChI is InChI=1S/C21H19ClN4/c1-15-19-12-17(14-23-13-16-8-4-2-5-9-16)20(22)24-21(19)26(25-15)18-10-6-3-7-11-18/h2-12,23H,13-14H2,1H3. The van der Waals surface area contributed by atoms with Gasteiger partial charge in [0.1, 0.15) is 5.15 Å². The SMILES string of the molecule is Cc1nn(-c2ccccc2)c2nc(Cl)c(CNCc3ccccc3)cc12. The first kappa shape index (κ1) is 16.8. The summed E-state index contributed by atoms with van der Waals surface area (Å²) in [6, 6.07) is 22.4. The molecule has 0 aliphatic heterocycles. The van der Waals surface area contributed by atoms with Crippen LogP contribution in [0.3, 0.4) is 0 Å². The number of nitrogens with one attached hydrogen (secondary N) is 1. The van der Waals surface area contributed by atoms with Gasteiger partial charge in [-0.3, -0.25) is 0 Å². The Bertz CT molecular complexity index is 1030. The number of aryl methyl sites for hydroxylation is 1. The van der Waals surface area contributed by atoms with Crippen LogP contribution in [0, 0.1) is 6.92 Å². The first-order chi connectivity index (χ1) is 12.7. The van der Waals surface area contributed by atoms with Crippen LogP contribution in [0.5, 0.6) is 0 Å². The van der Waals surface area contributed by atoms with Gasteiger partial charge in [0.05, 0.1) is 11.4 Å². The maximum Gasteiger partial charge on any atom is 0.164 e. The molecule has 4 aromatic rings. The highest BCUT2D eigenvalue weighted by atomic mass is 35.5. The van der Waals surface area contributed by atoms with E-state index < -0.39 is 0 Å². The Morgan fingerprint density at radius 1 is 0.962 bits per heavy atom. The molecule has 5 heteroatoms. The Morgan fingerprint density at radius 2 is 1.65 bits per heavy atom. The van der Waals surface area contributed by atoms with Gasteiger partial charge in [-0.05, 0) is 30.7 Å². The van der Waals surface area contributed by atoms with E-state index in [4.69, 9.17) is 11.6 Å². The number of aromatic nitrogens is 3. The van der Waals surface area contributed by atoms with Crippen LogP contribution in [0.25, 0.3) is 16.7 Å². The van der Waals surface area contributed by atoms with Crippen molar-refractivity contribution in [2.24, 2.45) is 0 Å². The zero-order valence-electron chi connectivity index (χ0n) is 14.5. The van der Waals surface area contributed by atoms with Crippen molar-refractivity contribution in [1.29, 1.82) is 0 Å². The van der Waals surface area contributed by atoms with Crippen LogP contribution in [-0.4, -0.2) is 14.8 Å². The minimum Gasteiger partial charge on any atom is -0.309 e. The number of hydrogen-bond donors (Lipinski definition) is 1. The predicted molar refractivity (Wildman–Crippen MR) is 106 cm³/mol. The molecule has 26 heavy (non-hydrogen) atoms. The van der Waals surface area contributed by atoms with Gasteiger partial charge in [0.15, 0.2) is 5.65 Å². The fourth-order valence-corrected chi connectivity index (χ4v) is 3.21. The molecule has 0 amide bonds. The summed E-state index contributed by atoms with van der Waals surface area (Å²) in [7, 11) is 0. The molecule has 130 valence electrons. The lowest BCUT2D eigenvalue weighted by atomic mass is 10.2. The van der Waals surface area contributed by atoms with E-state index >= 15 is 0 Å². The van der Waals surface area contributed by atoms with Gasteiger partial charge >= 0.3 is 0 Å². The molecule has 0 unspecified atom stereocenters. The predicted octanol–water partition coefficient (Wildman–Crippen LogP) is 4.67. The van der Waals surface area contributed by atoms with E-state index in [-0.39, 0.29) is 0 Å². The maximum absolute atomic E-state index is 6.46. The zero-order chi connectivity index (χ0) is 17.9. The quantitative estimate of drug-likeness (QED) is 0.524. The van der Waals surface area contributed by atoms with E-state index in [1.54, 1.807) is 0 Å². The van der Waals surface area contributed by atoms with Crippen LogP contribution in [0.1, 0.15) is 16.8 Å². The number of pyridine rings is 1.